The highest BCUT2D eigenvalue weighted by Gasteiger charge is 2.13. The van der Waals surface area contributed by atoms with Gasteiger partial charge < -0.3 is 29.2 Å². The number of carbonyl (C=O) groups excluding carboxylic acids is 2. The van der Waals surface area contributed by atoms with Crippen LogP contribution in [0.4, 0.5) is 0 Å². The second kappa shape index (κ2) is 24.8. The molecule has 10 nitrogen and oxygen atoms in total. The minimum Gasteiger partial charge on any atom is -0.507 e. The Morgan fingerprint density at radius 2 is 0.965 bits per heavy atom. The summed E-state index contributed by atoms with van der Waals surface area (Å²) >= 11 is 0. The molecule has 0 saturated heterocycles. The number of hydrogen-bond donors (Lipinski definition) is 2. The van der Waals surface area contributed by atoms with Crippen LogP contribution in [0, 0.1) is 0 Å². The van der Waals surface area contributed by atoms with Crippen LogP contribution in [0.2, 0.25) is 0 Å². The minimum atomic E-state index is -0.533. The number of rotatable bonds is 25. The van der Waals surface area contributed by atoms with Crippen molar-refractivity contribution in [2.45, 2.75) is 104 Å². The van der Waals surface area contributed by atoms with Gasteiger partial charge in [-0.1, -0.05) is 78.1 Å². The number of phenolic OH excluding ortho intramolecular Hbond substituents is 2. The lowest BCUT2D eigenvalue weighted by atomic mass is 10.1. The molecule has 0 amide bonds. The Balaban J connectivity index is 1.22. The van der Waals surface area contributed by atoms with Gasteiger partial charge in [-0.05, 0) is 105 Å². The minimum absolute atomic E-state index is 0.0226. The molecular formula is C47H58N2O8. The Bertz CT molecular complexity index is 1870. The van der Waals surface area contributed by atoms with E-state index in [4.69, 9.17) is 18.9 Å². The molecule has 0 spiro atoms. The van der Waals surface area contributed by atoms with Crippen LogP contribution < -0.4 is 18.9 Å². The predicted molar refractivity (Wildman–Crippen MR) is 226 cm³/mol. The maximum absolute atomic E-state index is 12.8. The van der Waals surface area contributed by atoms with Crippen LogP contribution in [-0.2, 0) is 0 Å². The Morgan fingerprint density at radius 3 is 1.42 bits per heavy atom. The van der Waals surface area contributed by atoms with E-state index in [1.165, 1.54) is 100 Å². The van der Waals surface area contributed by atoms with Gasteiger partial charge in [0.15, 0.2) is 0 Å². The zero-order valence-electron chi connectivity index (χ0n) is 33.7. The summed E-state index contributed by atoms with van der Waals surface area (Å²) in [6, 6.07) is 22.4. The molecule has 1 atom stereocenters. The lowest BCUT2D eigenvalue weighted by molar-refractivity contribution is 0.0725. The largest absolute Gasteiger partial charge is 0.507 e. The standard InChI is InChI=1S/C47H58N2O8/c1-4-6-8-10-12-14-28-54-40-20-16-36(17-21-40)46(52)56-42-24-26-44(50)38(30-42)33-48-32-35(3)49-34-39-31-43(25-27-45(39)51)57-47(53)37-18-22-41(23-19-37)55-29-15-13-11-9-7-5-2/h16-27,30-31,33-35,50-51H,4-15,28-29,32H2,1-3H3. The molecule has 4 aromatic rings. The highest BCUT2D eigenvalue weighted by atomic mass is 16.5. The molecular weight excluding hydrogens is 721 g/mol. The van der Waals surface area contributed by atoms with Crippen LogP contribution >= 0.6 is 0 Å². The number of ether oxygens (including phenoxy) is 4. The molecule has 0 aliphatic rings. The summed E-state index contributed by atoms with van der Waals surface area (Å²) in [4.78, 5) is 34.5. The van der Waals surface area contributed by atoms with E-state index in [1.807, 2.05) is 6.92 Å². The van der Waals surface area contributed by atoms with Crippen LogP contribution in [0.15, 0.2) is 94.9 Å². The maximum Gasteiger partial charge on any atom is 0.343 e. The van der Waals surface area contributed by atoms with Gasteiger partial charge >= 0.3 is 11.9 Å². The first kappa shape index (κ1) is 44.1. The number of aliphatic imine (C=N–C) groups is 2. The van der Waals surface area contributed by atoms with Crippen molar-refractivity contribution in [1.29, 1.82) is 0 Å². The van der Waals surface area contributed by atoms with Crippen molar-refractivity contribution in [3.8, 4) is 34.5 Å². The Hall–Kier alpha value is -5.64. The smallest absolute Gasteiger partial charge is 0.343 e. The van der Waals surface area contributed by atoms with Crippen molar-refractivity contribution >= 4 is 24.4 Å². The van der Waals surface area contributed by atoms with Crippen molar-refractivity contribution in [2.75, 3.05) is 19.8 Å². The van der Waals surface area contributed by atoms with Crippen LogP contribution in [-0.4, -0.2) is 60.4 Å². The van der Waals surface area contributed by atoms with E-state index in [9.17, 15) is 19.8 Å². The molecule has 2 N–H and O–H groups in total. The van der Waals surface area contributed by atoms with E-state index >= 15 is 0 Å². The van der Waals surface area contributed by atoms with E-state index in [2.05, 4.69) is 23.8 Å². The quantitative estimate of drug-likeness (QED) is 0.0294. The molecule has 0 fully saturated rings. The fraction of sp³-hybridized carbons (Fsp3) is 0.404. The molecule has 0 aromatic heterocycles. The van der Waals surface area contributed by atoms with Gasteiger partial charge in [0.25, 0.3) is 0 Å². The number of phenols is 2. The number of hydrogen-bond acceptors (Lipinski definition) is 10. The Labute approximate surface area is 337 Å². The Morgan fingerprint density at radius 1 is 0.561 bits per heavy atom. The summed E-state index contributed by atoms with van der Waals surface area (Å²) in [5, 5.41) is 20.8. The molecule has 4 aromatic carbocycles. The molecule has 0 bridgehead atoms. The van der Waals surface area contributed by atoms with E-state index in [0.29, 0.717) is 47.0 Å². The van der Waals surface area contributed by atoms with Gasteiger partial charge in [0.2, 0.25) is 0 Å². The summed E-state index contributed by atoms with van der Waals surface area (Å²) < 4.78 is 22.8. The van der Waals surface area contributed by atoms with Gasteiger partial charge in [0.1, 0.15) is 34.5 Å². The first-order valence-corrected chi connectivity index (χ1v) is 20.3. The molecule has 0 saturated carbocycles. The van der Waals surface area contributed by atoms with Crippen molar-refractivity contribution in [3.05, 3.63) is 107 Å². The number of nitrogens with zero attached hydrogens (tertiary/aromatic N) is 2. The van der Waals surface area contributed by atoms with Gasteiger partial charge in [0.05, 0.1) is 36.9 Å². The summed E-state index contributed by atoms with van der Waals surface area (Å²) in [7, 11) is 0. The summed E-state index contributed by atoms with van der Waals surface area (Å²) in [6.07, 6.45) is 17.2. The second-order valence-electron chi connectivity index (χ2n) is 14.1. The molecule has 304 valence electrons. The van der Waals surface area contributed by atoms with Gasteiger partial charge in [-0.25, -0.2) is 9.59 Å². The Kier molecular flexibility index (Phi) is 19.2. The zero-order chi connectivity index (χ0) is 40.7. The third-order valence-electron chi connectivity index (χ3n) is 9.20. The predicted octanol–water partition coefficient (Wildman–Crippen LogP) is 10.9. The normalized spacial score (nSPS) is 11.8. The molecule has 0 aliphatic carbocycles. The van der Waals surface area contributed by atoms with Crippen molar-refractivity contribution < 1.29 is 38.7 Å². The van der Waals surface area contributed by atoms with Crippen LogP contribution in [0.25, 0.3) is 0 Å². The average molecular weight is 779 g/mol. The van der Waals surface area contributed by atoms with Crippen LogP contribution in [0.1, 0.15) is 130 Å². The third-order valence-corrected chi connectivity index (χ3v) is 9.20. The molecule has 57 heavy (non-hydrogen) atoms. The lowest BCUT2D eigenvalue weighted by Gasteiger charge is -2.09. The zero-order valence-corrected chi connectivity index (χ0v) is 33.7. The van der Waals surface area contributed by atoms with Gasteiger partial charge in [-0.15, -0.1) is 0 Å². The van der Waals surface area contributed by atoms with Crippen molar-refractivity contribution in [2.24, 2.45) is 9.98 Å². The summed E-state index contributed by atoms with van der Waals surface area (Å²) in [5.41, 5.74) is 1.50. The first-order chi connectivity index (χ1) is 27.7. The van der Waals surface area contributed by atoms with E-state index < -0.39 is 11.9 Å². The number of aromatic hydroxyl groups is 2. The molecule has 0 heterocycles. The number of unbranched alkanes of at least 4 members (excludes halogenated alkanes) is 10. The van der Waals surface area contributed by atoms with Crippen molar-refractivity contribution in [3.63, 3.8) is 0 Å². The van der Waals surface area contributed by atoms with Crippen molar-refractivity contribution in [1.82, 2.24) is 0 Å². The summed E-state index contributed by atoms with van der Waals surface area (Å²) in [6.45, 7) is 7.80. The maximum atomic E-state index is 12.8. The van der Waals surface area contributed by atoms with Crippen LogP contribution in [0.3, 0.4) is 0 Å². The second-order valence-corrected chi connectivity index (χ2v) is 14.1. The lowest BCUT2D eigenvalue weighted by Crippen LogP contribution is -2.09. The van der Waals surface area contributed by atoms with Gasteiger partial charge in [-0.3, -0.25) is 9.98 Å². The topological polar surface area (TPSA) is 136 Å². The summed E-state index contributed by atoms with van der Waals surface area (Å²) in [5.74, 6) is 0.813. The third kappa shape index (κ3) is 16.2. The van der Waals surface area contributed by atoms with Gasteiger partial charge in [-0.2, -0.15) is 0 Å². The monoisotopic (exact) mass is 778 g/mol. The molecule has 0 aliphatic heterocycles. The number of esters is 2. The SMILES string of the molecule is CCCCCCCCOc1ccc(C(=O)Oc2ccc(O)c(C=NCC(C)N=Cc3cc(OC(=O)c4ccc(OCCCCCCCC)cc4)ccc3O)c2)cc1. The molecule has 1 unspecified atom stereocenters. The van der Waals surface area contributed by atoms with Crippen LogP contribution in [0.5, 0.6) is 34.5 Å². The fourth-order valence-corrected chi connectivity index (χ4v) is 5.81. The van der Waals surface area contributed by atoms with E-state index in [-0.39, 0.29) is 35.6 Å². The highest BCUT2D eigenvalue weighted by Crippen LogP contribution is 2.25. The molecule has 10 heteroatoms. The fourth-order valence-electron chi connectivity index (χ4n) is 5.81. The highest BCUT2D eigenvalue weighted by molar-refractivity contribution is 5.92. The van der Waals surface area contributed by atoms with Gasteiger partial charge in [0, 0.05) is 23.6 Å². The molecule has 4 rings (SSSR count). The molecule has 0 radical (unpaired) electrons. The number of benzene rings is 4. The van der Waals surface area contributed by atoms with E-state index in [1.54, 1.807) is 48.5 Å². The first-order valence-electron chi connectivity index (χ1n) is 20.3. The number of carbonyl (C=O) groups is 2. The average Bonchev–Trinajstić information content (AvgIpc) is 3.22. The van der Waals surface area contributed by atoms with E-state index in [0.717, 1.165) is 25.7 Å².